The fourth-order valence-corrected chi connectivity index (χ4v) is 1.29. The molecule has 0 amide bonds. The SMILES string of the molecule is N#CCNc1c(C(=O)O)cccc1C(F)(F)F. The monoisotopic (exact) mass is 244 g/mol. The van der Waals surface area contributed by atoms with Crippen molar-refractivity contribution in [2.75, 3.05) is 11.9 Å². The van der Waals surface area contributed by atoms with Crippen LogP contribution in [0.3, 0.4) is 0 Å². The summed E-state index contributed by atoms with van der Waals surface area (Å²) in [6.45, 7) is -0.409. The van der Waals surface area contributed by atoms with Crippen LogP contribution < -0.4 is 5.32 Å². The second-order valence-corrected chi connectivity index (χ2v) is 3.04. The Hall–Kier alpha value is -2.23. The van der Waals surface area contributed by atoms with Crippen LogP contribution in [0.2, 0.25) is 0 Å². The van der Waals surface area contributed by atoms with Gasteiger partial charge in [-0.3, -0.25) is 0 Å². The number of alkyl halides is 3. The van der Waals surface area contributed by atoms with E-state index in [0.29, 0.717) is 0 Å². The van der Waals surface area contributed by atoms with Gasteiger partial charge in [0.05, 0.1) is 22.9 Å². The number of carboxylic acid groups (broad SMARTS) is 1. The Morgan fingerprint density at radius 1 is 1.47 bits per heavy atom. The van der Waals surface area contributed by atoms with Gasteiger partial charge in [-0.2, -0.15) is 18.4 Å². The van der Waals surface area contributed by atoms with E-state index >= 15 is 0 Å². The Kier molecular flexibility index (Phi) is 3.58. The van der Waals surface area contributed by atoms with Gasteiger partial charge in [-0.15, -0.1) is 0 Å². The number of benzene rings is 1. The summed E-state index contributed by atoms with van der Waals surface area (Å²) in [5, 5.41) is 19.2. The molecule has 0 atom stereocenters. The van der Waals surface area contributed by atoms with E-state index in [-0.39, 0.29) is 0 Å². The third-order valence-electron chi connectivity index (χ3n) is 1.94. The second kappa shape index (κ2) is 4.74. The van der Waals surface area contributed by atoms with E-state index in [2.05, 4.69) is 5.32 Å². The second-order valence-electron chi connectivity index (χ2n) is 3.04. The first-order chi connectivity index (χ1) is 7.88. The molecule has 0 saturated heterocycles. The summed E-state index contributed by atoms with van der Waals surface area (Å²) in [5.74, 6) is -1.49. The number of carboxylic acids is 1. The lowest BCUT2D eigenvalue weighted by Gasteiger charge is -2.15. The molecule has 2 N–H and O–H groups in total. The Morgan fingerprint density at radius 3 is 2.59 bits per heavy atom. The highest BCUT2D eigenvalue weighted by atomic mass is 19.4. The number of anilines is 1. The molecule has 0 bridgehead atoms. The molecule has 0 aliphatic carbocycles. The fraction of sp³-hybridized carbons (Fsp3) is 0.200. The summed E-state index contributed by atoms with van der Waals surface area (Å²) >= 11 is 0. The summed E-state index contributed by atoms with van der Waals surface area (Å²) in [6.07, 6.45) is -4.68. The maximum absolute atomic E-state index is 12.6. The van der Waals surface area contributed by atoms with E-state index in [4.69, 9.17) is 10.4 Å². The average Bonchev–Trinajstić information content (AvgIpc) is 2.24. The molecule has 0 saturated carbocycles. The lowest BCUT2D eigenvalue weighted by molar-refractivity contribution is -0.136. The zero-order valence-electron chi connectivity index (χ0n) is 8.38. The van der Waals surface area contributed by atoms with Crippen LogP contribution in [0.25, 0.3) is 0 Å². The number of rotatable bonds is 3. The summed E-state index contributed by atoms with van der Waals surface area (Å²) in [5.41, 5.74) is -2.21. The average molecular weight is 244 g/mol. The Morgan fingerprint density at radius 2 is 2.12 bits per heavy atom. The molecule has 7 heteroatoms. The van der Waals surface area contributed by atoms with Gasteiger partial charge >= 0.3 is 12.1 Å². The molecule has 1 rings (SSSR count). The molecule has 1 aromatic rings. The van der Waals surface area contributed by atoms with Crippen molar-refractivity contribution in [1.82, 2.24) is 0 Å². The van der Waals surface area contributed by atoms with Gasteiger partial charge in [-0.25, -0.2) is 4.79 Å². The molecular weight excluding hydrogens is 237 g/mol. The summed E-state index contributed by atoms with van der Waals surface area (Å²) in [7, 11) is 0. The van der Waals surface area contributed by atoms with Gasteiger partial charge in [0.25, 0.3) is 0 Å². The summed E-state index contributed by atoms with van der Waals surface area (Å²) in [6, 6.07) is 4.39. The first-order valence-electron chi connectivity index (χ1n) is 4.42. The zero-order chi connectivity index (χ0) is 13.1. The van der Waals surface area contributed by atoms with Gasteiger partial charge in [0, 0.05) is 0 Å². The number of hydrogen-bond donors (Lipinski definition) is 2. The molecule has 0 unspecified atom stereocenters. The predicted molar refractivity (Wildman–Crippen MR) is 52.5 cm³/mol. The Balaban J connectivity index is 3.35. The van der Waals surface area contributed by atoms with Crippen molar-refractivity contribution in [3.05, 3.63) is 29.3 Å². The van der Waals surface area contributed by atoms with Gasteiger partial charge in [-0.1, -0.05) is 6.07 Å². The third kappa shape index (κ3) is 2.87. The van der Waals surface area contributed by atoms with E-state index in [1.165, 1.54) is 0 Å². The van der Waals surface area contributed by atoms with Crippen LogP contribution in [0.1, 0.15) is 15.9 Å². The van der Waals surface area contributed by atoms with Gasteiger partial charge in [0.1, 0.15) is 6.54 Å². The van der Waals surface area contributed by atoms with Crippen molar-refractivity contribution in [3.63, 3.8) is 0 Å². The normalized spacial score (nSPS) is 10.7. The minimum absolute atomic E-state index is 0.409. The summed E-state index contributed by atoms with van der Waals surface area (Å²) in [4.78, 5) is 10.8. The van der Waals surface area contributed by atoms with Gasteiger partial charge < -0.3 is 10.4 Å². The number of nitrogens with zero attached hydrogens (tertiary/aromatic N) is 1. The van der Waals surface area contributed by atoms with E-state index in [9.17, 15) is 18.0 Å². The number of hydrogen-bond acceptors (Lipinski definition) is 3. The number of aromatic carboxylic acids is 1. The van der Waals surface area contributed by atoms with Crippen LogP contribution in [0.15, 0.2) is 18.2 Å². The molecule has 0 fully saturated rings. The molecule has 1 aromatic carbocycles. The first kappa shape index (κ1) is 12.8. The van der Waals surface area contributed by atoms with Crippen LogP contribution in [0.5, 0.6) is 0 Å². The van der Waals surface area contributed by atoms with Crippen LogP contribution >= 0.6 is 0 Å². The van der Waals surface area contributed by atoms with E-state index in [1.807, 2.05) is 0 Å². The summed E-state index contributed by atoms with van der Waals surface area (Å²) < 4.78 is 37.8. The maximum atomic E-state index is 12.6. The number of halogens is 3. The number of para-hydroxylation sites is 1. The van der Waals surface area contributed by atoms with Gasteiger partial charge in [-0.05, 0) is 12.1 Å². The van der Waals surface area contributed by atoms with Crippen molar-refractivity contribution in [2.24, 2.45) is 0 Å². The zero-order valence-corrected chi connectivity index (χ0v) is 8.38. The highest BCUT2D eigenvalue weighted by Crippen LogP contribution is 2.36. The quantitative estimate of drug-likeness (QED) is 0.800. The molecular formula is C10H7F3N2O2. The topological polar surface area (TPSA) is 73.1 Å². The number of carbonyl (C=O) groups is 1. The fourth-order valence-electron chi connectivity index (χ4n) is 1.29. The lowest BCUT2D eigenvalue weighted by Crippen LogP contribution is -2.15. The van der Waals surface area contributed by atoms with E-state index in [0.717, 1.165) is 18.2 Å². The standard InChI is InChI=1S/C10H7F3N2O2/c11-10(12,13)7-3-1-2-6(9(16)17)8(7)15-5-4-14/h1-3,15H,5H2,(H,16,17). The molecule has 0 aliphatic heterocycles. The minimum Gasteiger partial charge on any atom is -0.478 e. The highest BCUT2D eigenvalue weighted by Gasteiger charge is 2.35. The third-order valence-corrected chi connectivity index (χ3v) is 1.94. The van der Waals surface area contributed by atoms with Crippen molar-refractivity contribution >= 4 is 11.7 Å². The van der Waals surface area contributed by atoms with Gasteiger partial charge in [0.15, 0.2) is 0 Å². The molecule has 0 spiro atoms. The van der Waals surface area contributed by atoms with Crippen molar-refractivity contribution in [1.29, 1.82) is 5.26 Å². The number of nitriles is 1. The minimum atomic E-state index is -4.68. The first-order valence-corrected chi connectivity index (χ1v) is 4.42. The molecule has 0 aliphatic rings. The van der Waals surface area contributed by atoms with Crippen LogP contribution in [-0.4, -0.2) is 17.6 Å². The Labute approximate surface area is 94.3 Å². The smallest absolute Gasteiger partial charge is 0.418 e. The number of nitrogens with one attached hydrogen (secondary N) is 1. The Bertz CT molecular complexity index is 477. The largest absolute Gasteiger partial charge is 0.478 e. The molecule has 90 valence electrons. The molecule has 0 aromatic heterocycles. The van der Waals surface area contributed by atoms with Crippen LogP contribution in [0, 0.1) is 11.3 Å². The molecule has 0 radical (unpaired) electrons. The molecule has 0 heterocycles. The molecule has 4 nitrogen and oxygen atoms in total. The van der Waals surface area contributed by atoms with E-state index in [1.54, 1.807) is 6.07 Å². The predicted octanol–water partition coefficient (Wildman–Crippen LogP) is 2.34. The van der Waals surface area contributed by atoms with Crippen LogP contribution in [0.4, 0.5) is 18.9 Å². The van der Waals surface area contributed by atoms with Crippen molar-refractivity contribution in [2.45, 2.75) is 6.18 Å². The van der Waals surface area contributed by atoms with E-state index < -0.39 is 35.5 Å². The lowest BCUT2D eigenvalue weighted by atomic mass is 10.1. The van der Waals surface area contributed by atoms with Crippen LogP contribution in [-0.2, 0) is 6.18 Å². The molecule has 17 heavy (non-hydrogen) atoms. The highest BCUT2D eigenvalue weighted by molar-refractivity contribution is 5.95. The van der Waals surface area contributed by atoms with Crippen molar-refractivity contribution in [3.8, 4) is 6.07 Å². The maximum Gasteiger partial charge on any atom is 0.418 e. The van der Waals surface area contributed by atoms with Gasteiger partial charge in [0.2, 0.25) is 0 Å². The van der Waals surface area contributed by atoms with Crippen molar-refractivity contribution < 1.29 is 23.1 Å².